The van der Waals surface area contributed by atoms with Crippen molar-refractivity contribution in [3.8, 4) is 5.75 Å². The summed E-state index contributed by atoms with van der Waals surface area (Å²) >= 11 is 0. The Balaban J connectivity index is 1.89. The number of carboxylic acids is 1. The average molecular weight is 505 g/mol. The number of hydrogen-bond acceptors (Lipinski definition) is 5. The summed E-state index contributed by atoms with van der Waals surface area (Å²) in [5.41, 5.74) is 1.19. The van der Waals surface area contributed by atoms with Crippen molar-refractivity contribution in [3.63, 3.8) is 0 Å². The highest BCUT2D eigenvalue weighted by molar-refractivity contribution is 5.89. The summed E-state index contributed by atoms with van der Waals surface area (Å²) in [7, 11) is 0. The average Bonchev–Trinajstić information content (AvgIpc) is 2.85. The van der Waals surface area contributed by atoms with Crippen LogP contribution in [0.2, 0.25) is 0 Å². The molecule has 0 aliphatic heterocycles. The number of nitrogens with one attached hydrogen (secondary N) is 1. The van der Waals surface area contributed by atoms with Crippen LogP contribution in [0, 0.1) is 5.82 Å². The highest BCUT2D eigenvalue weighted by atomic mass is 19.1. The molecule has 0 aliphatic carbocycles. The molecule has 9 heteroatoms. The van der Waals surface area contributed by atoms with Crippen LogP contribution in [0.25, 0.3) is 0 Å². The van der Waals surface area contributed by atoms with Crippen LogP contribution in [-0.2, 0) is 20.7 Å². The Bertz CT molecular complexity index is 925. The Morgan fingerprint density at radius 3 is 2.44 bits per heavy atom. The topological polar surface area (TPSA) is 97.3 Å². The van der Waals surface area contributed by atoms with Crippen LogP contribution in [0.15, 0.2) is 48.5 Å². The summed E-state index contributed by atoms with van der Waals surface area (Å²) in [5, 5.41) is 12.0. The van der Waals surface area contributed by atoms with Gasteiger partial charge in [0.25, 0.3) is 0 Å². The molecular formula is C27H37FN2O6. The van der Waals surface area contributed by atoms with Gasteiger partial charge in [-0.15, -0.1) is 0 Å². The van der Waals surface area contributed by atoms with Crippen LogP contribution in [0.3, 0.4) is 0 Å². The molecular weight excluding hydrogens is 467 g/mol. The van der Waals surface area contributed by atoms with Crippen LogP contribution >= 0.6 is 0 Å². The fraction of sp³-hybridized carbons (Fsp3) is 0.481. The van der Waals surface area contributed by atoms with Crippen molar-refractivity contribution in [3.05, 3.63) is 59.9 Å². The number of ether oxygens (including phenoxy) is 3. The minimum absolute atomic E-state index is 0.239. The number of urea groups is 1. The van der Waals surface area contributed by atoms with Gasteiger partial charge >= 0.3 is 12.0 Å². The molecule has 0 saturated carbocycles. The van der Waals surface area contributed by atoms with Gasteiger partial charge in [-0.1, -0.05) is 38.0 Å². The number of aliphatic carboxylic acids is 1. The Morgan fingerprint density at radius 1 is 1.03 bits per heavy atom. The van der Waals surface area contributed by atoms with Crippen molar-refractivity contribution in [2.24, 2.45) is 0 Å². The summed E-state index contributed by atoms with van der Waals surface area (Å²) in [5.74, 6) is -0.826. The van der Waals surface area contributed by atoms with Gasteiger partial charge in [0.05, 0.1) is 13.2 Å². The number of carboxylic acid groups (broad SMARTS) is 1. The molecule has 2 aromatic carbocycles. The molecule has 1 atom stereocenters. The predicted octanol–water partition coefficient (Wildman–Crippen LogP) is 4.98. The lowest BCUT2D eigenvalue weighted by Crippen LogP contribution is -2.40. The van der Waals surface area contributed by atoms with Crippen LogP contribution in [0.5, 0.6) is 5.75 Å². The molecule has 2 N–H and O–H groups in total. The predicted molar refractivity (Wildman–Crippen MR) is 136 cm³/mol. The number of amides is 2. The fourth-order valence-corrected chi connectivity index (χ4v) is 3.44. The third-order valence-electron chi connectivity index (χ3n) is 5.38. The van der Waals surface area contributed by atoms with Gasteiger partial charge in [0.1, 0.15) is 18.2 Å². The number of unbranched alkanes of at least 4 members (excludes halogenated alkanes) is 2. The van der Waals surface area contributed by atoms with Gasteiger partial charge in [0.2, 0.25) is 0 Å². The number of anilines is 1. The van der Waals surface area contributed by atoms with Crippen molar-refractivity contribution in [2.75, 3.05) is 44.8 Å². The van der Waals surface area contributed by atoms with E-state index >= 15 is 0 Å². The molecule has 0 fully saturated rings. The molecule has 8 nitrogen and oxygen atoms in total. The van der Waals surface area contributed by atoms with Crippen LogP contribution in [0.1, 0.15) is 38.7 Å². The Labute approximate surface area is 212 Å². The smallest absolute Gasteiger partial charge is 0.333 e. The van der Waals surface area contributed by atoms with E-state index in [2.05, 4.69) is 12.2 Å². The van der Waals surface area contributed by atoms with E-state index in [4.69, 9.17) is 14.2 Å². The summed E-state index contributed by atoms with van der Waals surface area (Å²) in [4.78, 5) is 25.7. The number of benzene rings is 2. The highest BCUT2D eigenvalue weighted by Crippen LogP contribution is 2.15. The SMILES string of the molecule is CCCCCOCCN(CCOc1ccc(CC(OCC)C(=O)O)cc1)C(=O)Nc1cccc(F)c1. The van der Waals surface area contributed by atoms with Crippen molar-refractivity contribution in [2.45, 2.75) is 45.6 Å². The maximum atomic E-state index is 13.5. The second-order valence-corrected chi connectivity index (χ2v) is 8.23. The molecule has 0 heterocycles. The lowest BCUT2D eigenvalue weighted by Gasteiger charge is -2.23. The van der Waals surface area contributed by atoms with Gasteiger partial charge in [-0.25, -0.2) is 14.0 Å². The molecule has 2 amide bonds. The van der Waals surface area contributed by atoms with E-state index in [9.17, 15) is 19.1 Å². The number of carbonyl (C=O) groups excluding carboxylic acids is 1. The third-order valence-corrected chi connectivity index (χ3v) is 5.38. The first-order valence-corrected chi connectivity index (χ1v) is 12.4. The second kappa shape index (κ2) is 16.5. The molecule has 0 radical (unpaired) electrons. The number of nitrogens with zero attached hydrogens (tertiary/aromatic N) is 1. The number of rotatable bonds is 17. The summed E-state index contributed by atoms with van der Waals surface area (Å²) < 4.78 is 30.2. The minimum Gasteiger partial charge on any atom is -0.492 e. The largest absolute Gasteiger partial charge is 0.492 e. The fourth-order valence-electron chi connectivity index (χ4n) is 3.44. The molecule has 2 rings (SSSR count). The van der Waals surface area contributed by atoms with Gasteiger partial charge in [0.15, 0.2) is 6.10 Å². The van der Waals surface area contributed by atoms with Crippen molar-refractivity contribution < 1.29 is 33.3 Å². The van der Waals surface area contributed by atoms with E-state index in [-0.39, 0.29) is 19.1 Å². The van der Waals surface area contributed by atoms with Crippen molar-refractivity contribution >= 4 is 17.7 Å². The molecule has 198 valence electrons. The van der Waals surface area contributed by atoms with Crippen LogP contribution in [-0.4, -0.2) is 67.6 Å². The van der Waals surface area contributed by atoms with Crippen molar-refractivity contribution in [1.29, 1.82) is 0 Å². The lowest BCUT2D eigenvalue weighted by molar-refractivity contribution is -0.149. The molecule has 1 unspecified atom stereocenters. The number of hydrogen-bond donors (Lipinski definition) is 2. The van der Waals surface area contributed by atoms with Crippen LogP contribution < -0.4 is 10.1 Å². The quantitative estimate of drug-likeness (QED) is 0.295. The number of halogens is 1. The van der Waals surface area contributed by atoms with Gasteiger partial charge in [0, 0.05) is 31.9 Å². The zero-order valence-electron chi connectivity index (χ0n) is 21.1. The first-order valence-electron chi connectivity index (χ1n) is 12.4. The first-order chi connectivity index (χ1) is 17.4. The summed E-state index contributed by atoms with van der Waals surface area (Å²) in [6, 6.07) is 12.5. The molecule has 0 aliphatic rings. The Hall–Kier alpha value is -3.17. The van der Waals surface area contributed by atoms with E-state index < -0.39 is 17.9 Å². The Kier molecular flexibility index (Phi) is 13.3. The molecule has 2 aromatic rings. The maximum Gasteiger partial charge on any atom is 0.333 e. The van der Waals surface area contributed by atoms with Gasteiger partial charge in [-0.05, 0) is 49.2 Å². The van der Waals surface area contributed by atoms with Gasteiger partial charge in [-0.3, -0.25) is 0 Å². The van der Waals surface area contributed by atoms with E-state index in [1.807, 2.05) is 0 Å². The normalized spacial score (nSPS) is 11.6. The lowest BCUT2D eigenvalue weighted by atomic mass is 10.1. The molecule has 36 heavy (non-hydrogen) atoms. The number of carbonyl (C=O) groups is 2. The molecule has 0 spiro atoms. The molecule has 0 bridgehead atoms. The summed E-state index contributed by atoms with van der Waals surface area (Å²) in [6.07, 6.45) is 2.55. The van der Waals surface area contributed by atoms with Gasteiger partial charge in [-0.2, -0.15) is 0 Å². The maximum absolute atomic E-state index is 13.5. The first kappa shape index (κ1) is 29.1. The third kappa shape index (κ3) is 11.0. The highest BCUT2D eigenvalue weighted by Gasteiger charge is 2.18. The van der Waals surface area contributed by atoms with E-state index in [0.29, 0.717) is 44.3 Å². The van der Waals surface area contributed by atoms with Crippen LogP contribution in [0.4, 0.5) is 14.9 Å². The Morgan fingerprint density at radius 2 is 1.78 bits per heavy atom. The summed E-state index contributed by atoms with van der Waals surface area (Å²) in [6.45, 7) is 6.14. The second-order valence-electron chi connectivity index (χ2n) is 8.23. The minimum atomic E-state index is -0.997. The standard InChI is InChI=1S/C27H37FN2O6/c1-3-5-6-16-34-17-14-30(27(33)29-23-9-7-8-22(28)20-23)15-18-36-24-12-10-21(11-13-24)19-25(26(31)32)35-4-2/h7-13,20,25H,3-6,14-19H2,1-2H3,(H,29,33)(H,31,32). The monoisotopic (exact) mass is 504 g/mol. The van der Waals surface area contributed by atoms with E-state index in [1.165, 1.54) is 18.2 Å². The van der Waals surface area contributed by atoms with Gasteiger partial charge < -0.3 is 29.5 Å². The van der Waals surface area contributed by atoms with E-state index in [0.717, 1.165) is 24.8 Å². The van der Waals surface area contributed by atoms with Crippen molar-refractivity contribution in [1.82, 2.24) is 4.90 Å². The zero-order valence-corrected chi connectivity index (χ0v) is 21.1. The zero-order chi connectivity index (χ0) is 26.2. The molecule has 0 aromatic heterocycles. The van der Waals surface area contributed by atoms with E-state index in [1.54, 1.807) is 42.2 Å². The molecule has 0 saturated heterocycles.